The molecule has 0 radical (unpaired) electrons. The number of thiazole rings is 1. The Morgan fingerprint density at radius 2 is 1.97 bits per heavy atom. The van der Waals surface area contributed by atoms with Gasteiger partial charge < -0.3 is 10.1 Å². The van der Waals surface area contributed by atoms with Gasteiger partial charge in [-0.1, -0.05) is 24.3 Å². The van der Waals surface area contributed by atoms with Gasteiger partial charge in [0.05, 0.1) is 23.9 Å². The summed E-state index contributed by atoms with van der Waals surface area (Å²) in [6.45, 7) is 2.43. The average molecular weight is 431 g/mol. The van der Waals surface area contributed by atoms with Crippen LogP contribution in [-0.4, -0.2) is 20.9 Å². The highest BCUT2D eigenvalue weighted by molar-refractivity contribution is 7.13. The Hall–Kier alpha value is -3.58. The summed E-state index contributed by atoms with van der Waals surface area (Å²) in [6.07, 6.45) is 5.50. The number of hydrogen-bond donors (Lipinski definition) is 1. The van der Waals surface area contributed by atoms with Crippen molar-refractivity contribution in [3.8, 4) is 16.5 Å². The van der Waals surface area contributed by atoms with Crippen molar-refractivity contribution in [1.29, 1.82) is 0 Å². The van der Waals surface area contributed by atoms with E-state index in [0.717, 1.165) is 33.3 Å². The predicted molar refractivity (Wildman–Crippen MR) is 121 cm³/mol. The molecule has 1 amide bonds. The molecule has 0 saturated heterocycles. The SMILES string of the molecule is CC(NC(=O)Cc1csc(-c2ccccn2)n1)c1ccc(OCc2cccnc2)cc1. The van der Waals surface area contributed by atoms with E-state index in [9.17, 15) is 4.79 Å². The molecule has 0 aliphatic heterocycles. The first-order valence-corrected chi connectivity index (χ1v) is 10.8. The summed E-state index contributed by atoms with van der Waals surface area (Å²) in [5.74, 6) is 0.706. The Kier molecular flexibility index (Phi) is 6.64. The molecule has 4 aromatic rings. The molecule has 0 fully saturated rings. The number of carbonyl (C=O) groups excluding carboxylic acids is 1. The lowest BCUT2D eigenvalue weighted by atomic mass is 10.1. The lowest BCUT2D eigenvalue weighted by Gasteiger charge is -2.15. The van der Waals surface area contributed by atoms with E-state index in [4.69, 9.17) is 4.74 Å². The largest absolute Gasteiger partial charge is 0.489 e. The Morgan fingerprint density at radius 1 is 1.10 bits per heavy atom. The van der Waals surface area contributed by atoms with Gasteiger partial charge in [-0.15, -0.1) is 11.3 Å². The van der Waals surface area contributed by atoms with E-state index >= 15 is 0 Å². The average Bonchev–Trinajstić information content (AvgIpc) is 3.27. The number of nitrogens with one attached hydrogen (secondary N) is 1. The van der Waals surface area contributed by atoms with E-state index in [-0.39, 0.29) is 18.4 Å². The number of carbonyl (C=O) groups is 1. The van der Waals surface area contributed by atoms with Gasteiger partial charge in [0.2, 0.25) is 5.91 Å². The molecule has 156 valence electrons. The molecule has 0 spiro atoms. The molecule has 0 bridgehead atoms. The molecule has 7 heteroatoms. The molecule has 6 nitrogen and oxygen atoms in total. The topological polar surface area (TPSA) is 77.0 Å². The zero-order valence-electron chi connectivity index (χ0n) is 17.1. The van der Waals surface area contributed by atoms with Crippen LogP contribution in [-0.2, 0) is 17.8 Å². The zero-order chi connectivity index (χ0) is 21.5. The highest BCUT2D eigenvalue weighted by atomic mass is 32.1. The maximum atomic E-state index is 12.5. The first-order chi connectivity index (χ1) is 15.2. The second-order valence-corrected chi connectivity index (χ2v) is 7.90. The van der Waals surface area contributed by atoms with Crippen LogP contribution in [0.3, 0.4) is 0 Å². The van der Waals surface area contributed by atoms with Gasteiger partial charge in [0.15, 0.2) is 0 Å². The molecule has 31 heavy (non-hydrogen) atoms. The van der Waals surface area contributed by atoms with Crippen LogP contribution < -0.4 is 10.1 Å². The first kappa shape index (κ1) is 20.7. The summed E-state index contributed by atoms with van der Waals surface area (Å²) in [4.78, 5) is 25.4. The van der Waals surface area contributed by atoms with E-state index in [1.165, 1.54) is 11.3 Å². The van der Waals surface area contributed by atoms with Crippen molar-refractivity contribution in [2.45, 2.75) is 26.0 Å². The van der Waals surface area contributed by atoms with Crippen LogP contribution in [0.1, 0.15) is 29.8 Å². The molecule has 1 unspecified atom stereocenters. The minimum Gasteiger partial charge on any atom is -0.489 e. The number of rotatable bonds is 8. The van der Waals surface area contributed by atoms with Gasteiger partial charge in [0, 0.05) is 29.5 Å². The Balaban J connectivity index is 1.29. The molecule has 3 aromatic heterocycles. The monoisotopic (exact) mass is 430 g/mol. The van der Waals surface area contributed by atoms with E-state index in [1.807, 2.05) is 66.9 Å². The van der Waals surface area contributed by atoms with Crippen molar-refractivity contribution < 1.29 is 9.53 Å². The fourth-order valence-corrected chi connectivity index (χ4v) is 3.83. The van der Waals surface area contributed by atoms with Gasteiger partial charge in [-0.3, -0.25) is 14.8 Å². The van der Waals surface area contributed by atoms with Crippen LogP contribution in [0.5, 0.6) is 5.75 Å². The molecule has 1 atom stereocenters. The lowest BCUT2D eigenvalue weighted by molar-refractivity contribution is -0.121. The van der Waals surface area contributed by atoms with Gasteiger partial charge in [-0.05, 0) is 42.8 Å². The highest BCUT2D eigenvalue weighted by Gasteiger charge is 2.13. The number of ether oxygens (including phenoxy) is 1. The van der Waals surface area contributed by atoms with Crippen molar-refractivity contribution in [3.05, 3.63) is 95.4 Å². The third-order valence-electron chi connectivity index (χ3n) is 4.66. The predicted octanol–water partition coefficient (Wildman–Crippen LogP) is 4.60. The molecular formula is C24H22N4O2S. The summed E-state index contributed by atoms with van der Waals surface area (Å²) in [7, 11) is 0. The molecular weight excluding hydrogens is 408 g/mol. The van der Waals surface area contributed by atoms with E-state index < -0.39 is 0 Å². The van der Waals surface area contributed by atoms with Gasteiger partial charge >= 0.3 is 0 Å². The van der Waals surface area contributed by atoms with Gasteiger partial charge in [0.1, 0.15) is 17.4 Å². The van der Waals surface area contributed by atoms with E-state index in [1.54, 1.807) is 18.6 Å². The summed E-state index contributed by atoms with van der Waals surface area (Å²) in [6, 6.07) is 17.2. The number of hydrogen-bond acceptors (Lipinski definition) is 6. The second-order valence-electron chi connectivity index (χ2n) is 7.04. The third-order valence-corrected chi connectivity index (χ3v) is 5.58. The zero-order valence-corrected chi connectivity index (χ0v) is 17.9. The number of benzene rings is 1. The maximum absolute atomic E-state index is 12.5. The fourth-order valence-electron chi connectivity index (χ4n) is 3.04. The summed E-state index contributed by atoms with van der Waals surface area (Å²) in [5.41, 5.74) is 3.59. The molecule has 3 heterocycles. The minimum atomic E-state index is -0.117. The fraction of sp³-hybridized carbons (Fsp3) is 0.167. The van der Waals surface area contributed by atoms with Gasteiger partial charge in [-0.2, -0.15) is 0 Å². The Morgan fingerprint density at radius 3 is 2.71 bits per heavy atom. The van der Waals surface area contributed by atoms with Gasteiger partial charge in [-0.25, -0.2) is 4.98 Å². The van der Waals surface area contributed by atoms with Crippen molar-refractivity contribution >= 4 is 17.2 Å². The van der Waals surface area contributed by atoms with Crippen molar-refractivity contribution in [3.63, 3.8) is 0 Å². The highest BCUT2D eigenvalue weighted by Crippen LogP contribution is 2.22. The minimum absolute atomic E-state index is 0.0673. The van der Waals surface area contributed by atoms with Crippen LogP contribution in [0.15, 0.2) is 78.6 Å². The maximum Gasteiger partial charge on any atom is 0.226 e. The quantitative estimate of drug-likeness (QED) is 0.442. The lowest BCUT2D eigenvalue weighted by Crippen LogP contribution is -2.28. The van der Waals surface area contributed by atoms with Crippen molar-refractivity contribution in [2.75, 3.05) is 0 Å². The molecule has 0 aliphatic rings. The van der Waals surface area contributed by atoms with Crippen LogP contribution in [0.4, 0.5) is 0 Å². The smallest absolute Gasteiger partial charge is 0.226 e. The third kappa shape index (κ3) is 5.73. The summed E-state index contributed by atoms with van der Waals surface area (Å²) < 4.78 is 5.79. The van der Waals surface area contributed by atoms with Crippen molar-refractivity contribution in [2.24, 2.45) is 0 Å². The summed E-state index contributed by atoms with van der Waals surface area (Å²) in [5, 5.41) is 5.76. The molecule has 1 N–H and O–H groups in total. The van der Waals surface area contributed by atoms with Crippen LogP contribution in [0.2, 0.25) is 0 Å². The molecule has 4 rings (SSSR count). The number of nitrogens with zero attached hydrogens (tertiary/aromatic N) is 3. The number of aromatic nitrogens is 3. The summed E-state index contributed by atoms with van der Waals surface area (Å²) >= 11 is 1.49. The van der Waals surface area contributed by atoms with E-state index in [0.29, 0.717) is 6.61 Å². The number of amides is 1. The molecule has 0 aliphatic carbocycles. The van der Waals surface area contributed by atoms with Crippen LogP contribution >= 0.6 is 11.3 Å². The van der Waals surface area contributed by atoms with Gasteiger partial charge in [0.25, 0.3) is 0 Å². The standard InChI is InChI=1S/C24H22N4O2S/c1-17(19-7-9-21(10-8-19)30-15-18-5-4-11-25-14-18)27-23(29)13-20-16-31-24(28-20)22-6-2-3-12-26-22/h2-12,14,16-17H,13,15H2,1H3,(H,27,29). The van der Waals surface area contributed by atoms with Crippen molar-refractivity contribution in [1.82, 2.24) is 20.3 Å². The Labute approximate surface area is 185 Å². The normalized spacial score (nSPS) is 11.6. The molecule has 0 saturated carbocycles. The second kappa shape index (κ2) is 9.95. The van der Waals surface area contributed by atoms with Crippen LogP contribution in [0, 0.1) is 0 Å². The number of pyridine rings is 2. The Bertz CT molecular complexity index is 1120. The molecule has 1 aromatic carbocycles. The first-order valence-electron chi connectivity index (χ1n) is 9.94. The van der Waals surface area contributed by atoms with E-state index in [2.05, 4.69) is 20.3 Å². The van der Waals surface area contributed by atoms with Crippen LogP contribution in [0.25, 0.3) is 10.7 Å².